The van der Waals surface area contributed by atoms with E-state index in [1.807, 2.05) is 90.2 Å². The van der Waals surface area contributed by atoms with Crippen LogP contribution < -0.4 is 28.7 Å². The Morgan fingerprint density at radius 1 is 0.297 bits per heavy atom. The van der Waals surface area contributed by atoms with Gasteiger partial charge in [-0.15, -0.1) is 56.7 Å². The zero-order valence-corrected chi connectivity index (χ0v) is 89.0. The molecule has 20 aromatic rings. The molecule has 0 saturated carbocycles. The number of hydrogen-bond donors (Lipinski definition) is 5. The number of benzene rings is 3. The Balaban J connectivity index is 0.000000132. The van der Waals surface area contributed by atoms with Crippen LogP contribution in [0.5, 0.6) is 0 Å². The van der Waals surface area contributed by atoms with Crippen LogP contribution in [0.15, 0.2) is 254 Å². The van der Waals surface area contributed by atoms with Crippen LogP contribution in [-0.4, -0.2) is 202 Å². The molecule has 762 valence electrons. The fourth-order valence-electron chi connectivity index (χ4n) is 15.3. The average Bonchev–Trinajstić information content (AvgIpc) is 1.62. The second-order valence-corrected chi connectivity index (χ2v) is 46.6. The summed E-state index contributed by atoms with van der Waals surface area (Å²) in [4.78, 5) is 71.0. The van der Waals surface area contributed by atoms with E-state index in [-0.39, 0.29) is 17.5 Å². The number of fused-ring (bicyclic) bond motifs is 5. The number of nitrogen functional groups attached to an aromatic ring is 5. The molecule has 5 atom stereocenters. The van der Waals surface area contributed by atoms with Crippen LogP contribution in [0, 0.1) is 17.5 Å². The number of nitrogens with zero attached hydrogens (tertiary/aromatic N) is 17. The number of nitrogens with two attached hydrogens (primary N) is 5. The highest BCUT2D eigenvalue weighted by Gasteiger charge is 2.30. The first-order valence-electron chi connectivity index (χ1n) is 45.8. The van der Waals surface area contributed by atoms with Gasteiger partial charge in [0.15, 0.2) is 17.5 Å². The minimum absolute atomic E-state index is 0.338. The summed E-state index contributed by atoms with van der Waals surface area (Å²) in [6.07, 6.45) is 27.8. The molecule has 1 unspecified atom stereocenters. The monoisotopic (exact) mass is 2180 g/mol. The molecule has 32 nitrogen and oxygen atoms in total. The van der Waals surface area contributed by atoms with Crippen LogP contribution in [0.25, 0.3) is 164 Å². The van der Waals surface area contributed by atoms with Gasteiger partial charge in [-0.3, -0.25) is 46.0 Å². The quantitative estimate of drug-likeness (QED) is 0.0230. The lowest BCUT2D eigenvalue weighted by atomic mass is 10.1. The topological polar surface area (TPSA) is 465 Å². The highest BCUT2D eigenvalue weighted by Crippen LogP contribution is 2.49. The van der Waals surface area contributed by atoms with E-state index in [4.69, 9.17) is 77.3 Å². The van der Waals surface area contributed by atoms with E-state index in [1.165, 1.54) is 93.1 Å². The van der Waals surface area contributed by atoms with Crippen molar-refractivity contribution >= 4 is 190 Å². The molecule has 17 heterocycles. The van der Waals surface area contributed by atoms with E-state index >= 15 is 0 Å². The molecule has 0 bridgehead atoms. The summed E-state index contributed by atoms with van der Waals surface area (Å²) in [6, 6.07) is 40.8. The Morgan fingerprint density at radius 3 is 0.757 bits per heavy atom. The second kappa shape index (κ2) is 50.9. The lowest BCUT2D eigenvalue weighted by Crippen LogP contribution is -2.02. The molecule has 0 aliphatic heterocycles. The van der Waals surface area contributed by atoms with Gasteiger partial charge in [0.25, 0.3) is 0 Å². The Labute approximate surface area is 881 Å². The normalized spacial score (nSPS) is 12.4. The van der Waals surface area contributed by atoms with E-state index in [0.717, 1.165) is 82.2 Å². The first-order chi connectivity index (χ1) is 71.9. The Kier molecular flexibility index (Phi) is 36.9. The molecule has 0 aliphatic carbocycles. The highest BCUT2D eigenvalue weighted by molar-refractivity contribution is 7.89. The molecule has 0 saturated heterocycles. The SMILES string of the molecule is COCCCS(=O)c1sc2nc(-c3cccnc3)nc(-c3ccc(F)cc3)c2c1N.COCCC[S@@](=O)c1sc2nc(-c3cccnc3)cc(-c3cn(C)cn3)c2c1N.COCCC[S@@](=O)c1sc2nc(-c3cccnc3)nc(-c3ccc(F)cc3)c2c1N.COCCC[S@](=O)c1sc2nc(-c3cccnc3)cc(-c3cn(C)cn3)c2c1N.COCCC[S@](=O)c1sc2nc(-c3cccnc3)nc(-c3ccc(F)cc3)c2c1N. The Hall–Kier alpha value is -13.5. The van der Waals surface area contributed by atoms with Crippen molar-refractivity contribution in [3.8, 4) is 113 Å². The van der Waals surface area contributed by atoms with Gasteiger partial charge in [0.05, 0.1) is 151 Å². The third-order valence-corrected chi connectivity index (χ3v) is 37.4. The summed E-state index contributed by atoms with van der Waals surface area (Å²) >= 11 is 6.66. The fourth-order valence-corrected chi connectivity index (χ4v) is 28.4. The maximum atomic E-state index is 13.5. The standard InChI is InChI=1S/3C21H19FN4O2S2.2C20H21N5O2S2/c3*1-28-10-3-11-30(27)21-17(23)16-18(13-5-7-15(22)8-6-13)25-19(26-20(16)29-21)14-4-2-9-24-12-14;2*1-25-11-16(23-12-25)14-9-15(13-5-3-6-22-10-13)24-19-17(14)18(21)20(28-19)29(26)8-4-7-27-2/h3*2,4-9,12H,3,10-11,23H2,1H3;2*3,5-6,9-12H,4,7-8,21H2,1-2H3/t2*30-;;2*29-/m10.10/s1. The van der Waals surface area contributed by atoms with Crippen LogP contribution >= 0.6 is 56.7 Å². The van der Waals surface area contributed by atoms with Gasteiger partial charge in [0.2, 0.25) is 0 Å². The van der Waals surface area contributed by atoms with Crippen molar-refractivity contribution < 1.29 is 57.9 Å². The van der Waals surface area contributed by atoms with Gasteiger partial charge in [0, 0.05) is 252 Å². The molecular weight excluding hydrogens is 2080 g/mol. The van der Waals surface area contributed by atoms with Gasteiger partial charge in [-0.2, -0.15) is 0 Å². The minimum Gasteiger partial charge on any atom is -0.396 e. The van der Waals surface area contributed by atoms with Gasteiger partial charge in [0.1, 0.15) is 62.6 Å². The van der Waals surface area contributed by atoms with Crippen LogP contribution in [0.2, 0.25) is 0 Å². The number of hydrogen-bond acceptors (Lipinski definition) is 35. The number of anilines is 5. The molecule has 3 aromatic carbocycles. The zero-order valence-electron chi connectivity index (χ0n) is 80.8. The molecule has 0 amide bonds. The van der Waals surface area contributed by atoms with Crippen molar-refractivity contribution in [3.05, 3.63) is 250 Å². The number of aryl methyl sites for hydroxylation is 2. The molecule has 17 aromatic heterocycles. The number of aromatic nitrogens is 17. The molecule has 10 N–H and O–H groups in total. The summed E-state index contributed by atoms with van der Waals surface area (Å²) in [7, 11) is 5.72. The number of halogens is 3. The molecule has 20 rings (SSSR count). The van der Waals surface area contributed by atoms with Crippen molar-refractivity contribution in [3.63, 3.8) is 0 Å². The lowest BCUT2D eigenvalue weighted by molar-refractivity contribution is 0.200. The lowest BCUT2D eigenvalue weighted by Gasteiger charge is -2.07. The van der Waals surface area contributed by atoms with Crippen molar-refractivity contribution in [1.82, 2.24) is 83.9 Å². The van der Waals surface area contributed by atoms with Gasteiger partial charge >= 0.3 is 0 Å². The predicted molar refractivity (Wildman–Crippen MR) is 589 cm³/mol. The molecule has 45 heteroatoms. The minimum atomic E-state index is -1.28. The van der Waals surface area contributed by atoms with Crippen LogP contribution in [0.3, 0.4) is 0 Å². The Morgan fingerprint density at radius 2 is 0.534 bits per heavy atom. The average molecular weight is 2180 g/mol. The molecule has 148 heavy (non-hydrogen) atoms. The summed E-state index contributed by atoms with van der Waals surface area (Å²) in [5, 5.41) is 3.51. The van der Waals surface area contributed by atoms with E-state index in [1.54, 1.807) is 165 Å². The first kappa shape index (κ1) is 107. The van der Waals surface area contributed by atoms with Crippen molar-refractivity contribution in [1.29, 1.82) is 0 Å². The van der Waals surface area contributed by atoms with Crippen molar-refractivity contribution in [2.75, 3.05) is 126 Å². The van der Waals surface area contributed by atoms with Crippen molar-refractivity contribution in [2.24, 2.45) is 14.1 Å². The number of imidazole rings is 2. The fraction of sp³-hybridized carbons (Fsp3) is 0.214. The third kappa shape index (κ3) is 25.5. The van der Waals surface area contributed by atoms with E-state index < -0.39 is 54.0 Å². The van der Waals surface area contributed by atoms with Crippen LogP contribution in [-0.2, 0) is 91.8 Å². The Bertz CT molecular complexity index is 7490. The highest BCUT2D eigenvalue weighted by atomic mass is 32.2. The molecule has 0 aliphatic rings. The zero-order chi connectivity index (χ0) is 104. The maximum Gasteiger partial charge on any atom is 0.162 e. The molecule has 0 fully saturated rings. The number of thiophene rings is 5. The van der Waals surface area contributed by atoms with E-state index in [9.17, 15) is 34.2 Å². The molecule has 0 spiro atoms. The van der Waals surface area contributed by atoms with Gasteiger partial charge in [-0.25, -0.2) is 63.0 Å². The molecule has 0 radical (unpaired) electrons. The third-order valence-electron chi connectivity index (χ3n) is 22.4. The number of methoxy groups -OCH3 is 5. The largest absolute Gasteiger partial charge is 0.396 e. The van der Waals surface area contributed by atoms with Gasteiger partial charge in [-0.05, 0) is 178 Å². The van der Waals surface area contributed by atoms with Crippen molar-refractivity contribution in [2.45, 2.75) is 53.2 Å². The van der Waals surface area contributed by atoms with Crippen LogP contribution in [0.1, 0.15) is 32.1 Å². The summed E-state index contributed by atoms with van der Waals surface area (Å²) in [5.41, 5.74) is 47.3. The number of pyridine rings is 7. The maximum absolute atomic E-state index is 13.5. The summed E-state index contributed by atoms with van der Waals surface area (Å²) in [6.45, 7) is 2.73. The number of rotatable bonds is 35. The van der Waals surface area contributed by atoms with Crippen LogP contribution in [0.4, 0.5) is 41.6 Å². The van der Waals surface area contributed by atoms with Gasteiger partial charge < -0.3 is 61.5 Å². The second-order valence-electron chi connectivity index (χ2n) is 32.8. The summed E-state index contributed by atoms with van der Waals surface area (Å²) in [5.74, 6) is 2.75. The van der Waals surface area contributed by atoms with Gasteiger partial charge in [-0.1, -0.05) is 0 Å². The smallest absolute Gasteiger partial charge is 0.162 e. The first-order valence-corrected chi connectivity index (χ1v) is 56.5. The van der Waals surface area contributed by atoms with E-state index in [0.29, 0.717) is 225 Å². The number of ether oxygens (including phenoxy) is 5. The predicted octanol–water partition coefficient (Wildman–Crippen LogP) is 19.8. The van der Waals surface area contributed by atoms with E-state index in [2.05, 4.69) is 49.8 Å². The summed E-state index contributed by atoms with van der Waals surface area (Å²) < 4.78 is 137. The molecular formula is C103H99F3N22O10S10.